The van der Waals surface area contributed by atoms with E-state index in [4.69, 9.17) is 4.74 Å². The second-order valence-corrected chi connectivity index (χ2v) is 9.77. The van der Waals surface area contributed by atoms with E-state index in [2.05, 4.69) is 15.4 Å². The number of aromatic nitrogens is 3. The van der Waals surface area contributed by atoms with Crippen molar-refractivity contribution in [2.24, 2.45) is 0 Å². The Morgan fingerprint density at radius 1 is 1.15 bits per heavy atom. The fraction of sp³-hybridized carbons (Fsp3) is 0.542. The van der Waals surface area contributed by atoms with Crippen molar-refractivity contribution in [3.05, 3.63) is 45.6 Å². The van der Waals surface area contributed by atoms with Gasteiger partial charge in [0.05, 0.1) is 53.9 Å². The van der Waals surface area contributed by atoms with E-state index >= 15 is 0 Å². The number of hydrogen-bond donors (Lipinski definition) is 2. The number of nitrogens with one attached hydrogen (secondary N) is 2. The maximum Gasteiger partial charge on any atom is 0.423 e. The summed E-state index contributed by atoms with van der Waals surface area (Å²) in [4.78, 5) is 44.0. The molecule has 2 N–H and O–H groups in total. The van der Waals surface area contributed by atoms with Crippen LogP contribution in [0.15, 0.2) is 23.3 Å². The lowest BCUT2D eigenvalue weighted by Crippen LogP contribution is -2.50. The van der Waals surface area contributed by atoms with Crippen molar-refractivity contribution >= 4 is 23.2 Å². The van der Waals surface area contributed by atoms with Crippen molar-refractivity contribution in [2.45, 2.75) is 50.0 Å². The van der Waals surface area contributed by atoms with E-state index in [0.29, 0.717) is 6.20 Å². The molecular formula is C24H26F6N6O4. The lowest BCUT2D eigenvalue weighted by Gasteiger charge is -2.37. The number of halogens is 6. The van der Waals surface area contributed by atoms with Gasteiger partial charge in [0.2, 0.25) is 11.8 Å². The topological polar surface area (TPSA) is 121 Å². The second kappa shape index (κ2) is 10.7. The average molecular weight is 576 g/mol. The molecule has 2 amide bonds. The quantitative estimate of drug-likeness (QED) is 0.384. The van der Waals surface area contributed by atoms with Gasteiger partial charge in [-0.1, -0.05) is 0 Å². The molecule has 4 heterocycles. The predicted molar refractivity (Wildman–Crippen MR) is 129 cm³/mol. The van der Waals surface area contributed by atoms with Gasteiger partial charge in [0.15, 0.2) is 0 Å². The minimum Gasteiger partial charge on any atom is -0.379 e. The van der Waals surface area contributed by atoms with E-state index in [9.17, 15) is 40.7 Å². The highest BCUT2D eigenvalue weighted by Gasteiger charge is 2.53. The van der Waals surface area contributed by atoms with Crippen LogP contribution in [0, 0.1) is 0 Å². The van der Waals surface area contributed by atoms with Crippen LogP contribution in [-0.2, 0) is 32.1 Å². The van der Waals surface area contributed by atoms with Gasteiger partial charge in [-0.2, -0.15) is 31.4 Å². The Morgan fingerprint density at radius 3 is 2.45 bits per heavy atom. The van der Waals surface area contributed by atoms with Crippen LogP contribution >= 0.6 is 0 Å². The Labute approximate surface area is 223 Å². The van der Waals surface area contributed by atoms with E-state index in [1.807, 2.05) is 0 Å². The first-order chi connectivity index (χ1) is 18.6. The monoisotopic (exact) mass is 576 g/mol. The molecule has 1 saturated heterocycles. The molecule has 0 radical (unpaired) electrons. The number of anilines is 2. The van der Waals surface area contributed by atoms with Gasteiger partial charge in [-0.05, 0) is 25.8 Å². The number of fused-ring (bicyclic) bond motifs is 2. The van der Waals surface area contributed by atoms with Crippen LogP contribution < -0.4 is 15.8 Å². The summed E-state index contributed by atoms with van der Waals surface area (Å²) in [6, 6.07) is 0.265. The molecule has 2 aromatic heterocycles. The summed E-state index contributed by atoms with van der Waals surface area (Å²) in [6.07, 6.45) is -7.56. The summed E-state index contributed by atoms with van der Waals surface area (Å²) >= 11 is 0. The third-order valence-electron chi connectivity index (χ3n) is 7.06. The van der Waals surface area contributed by atoms with Crippen molar-refractivity contribution in [1.82, 2.24) is 20.1 Å². The Hall–Kier alpha value is -3.69. The number of piperidine rings is 1. The second-order valence-electron chi connectivity index (χ2n) is 9.77. The summed E-state index contributed by atoms with van der Waals surface area (Å²) in [6.45, 7) is 1.82. The molecule has 40 heavy (non-hydrogen) atoms. The largest absolute Gasteiger partial charge is 0.423 e. The standard InChI is InChI=1S/C24H26F6N6O4/c1-13(33-15-11-32-34-20(38)18(15)24(28,29)30)12-40-8-3-17(37)36-6-4-22(5-7-36)19-16(35(2)21(22)39)9-14(10-31-19)23(25,26)27/h9-11,13H,3-8,12H2,1-2H3,(H2,33,34,38)/t13-/m0/s1. The molecule has 0 saturated carbocycles. The summed E-state index contributed by atoms with van der Waals surface area (Å²) < 4.78 is 84.4. The summed E-state index contributed by atoms with van der Waals surface area (Å²) in [5, 5.41) is 7.66. The summed E-state index contributed by atoms with van der Waals surface area (Å²) in [5.41, 5.74) is -4.96. The van der Waals surface area contributed by atoms with Gasteiger partial charge in [-0.3, -0.25) is 19.4 Å². The summed E-state index contributed by atoms with van der Waals surface area (Å²) in [7, 11) is 1.40. The maximum absolute atomic E-state index is 13.2. The van der Waals surface area contributed by atoms with Crippen LogP contribution in [0.5, 0.6) is 0 Å². The van der Waals surface area contributed by atoms with Crippen LogP contribution in [0.4, 0.5) is 37.7 Å². The number of carbonyl (C=O) groups is 2. The number of likely N-dealkylation sites (N-methyl/N-ethyl adjacent to an activating group) is 1. The molecule has 1 fully saturated rings. The highest BCUT2D eigenvalue weighted by Crippen LogP contribution is 2.47. The van der Waals surface area contributed by atoms with E-state index in [0.717, 1.165) is 12.3 Å². The molecule has 0 unspecified atom stereocenters. The summed E-state index contributed by atoms with van der Waals surface area (Å²) in [5.74, 6) is -0.636. The van der Waals surface area contributed by atoms with Crippen LogP contribution in [-0.4, -0.2) is 71.3 Å². The van der Waals surface area contributed by atoms with Gasteiger partial charge in [0, 0.05) is 32.4 Å². The number of pyridine rings is 1. The molecule has 16 heteroatoms. The minimum atomic E-state index is -4.89. The lowest BCUT2D eigenvalue weighted by molar-refractivity contribution is -0.138. The number of nitrogens with zero attached hydrogens (tertiary/aromatic N) is 4. The molecule has 2 aliphatic heterocycles. The van der Waals surface area contributed by atoms with Crippen LogP contribution in [0.3, 0.4) is 0 Å². The van der Waals surface area contributed by atoms with Gasteiger partial charge in [0.1, 0.15) is 5.56 Å². The third kappa shape index (κ3) is 5.62. The van der Waals surface area contributed by atoms with E-state index in [-0.39, 0.29) is 68.8 Å². The van der Waals surface area contributed by atoms with E-state index < -0.39 is 46.2 Å². The van der Waals surface area contributed by atoms with Crippen molar-refractivity contribution in [1.29, 1.82) is 0 Å². The first-order valence-electron chi connectivity index (χ1n) is 12.3. The normalized spacial score (nSPS) is 17.8. The Balaban J connectivity index is 1.28. The number of amides is 2. The van der Waals surface area contributed by atoms with Crippen molar-refractivity contribution in [3.63, 3.8) is 0 Å². The zero-order valence-electron chi connectivity index (χ0n) is 21.4. The number of ether oxygens (including phenoxy) is 1. The molecule has 4 rings (SSSR count). The molecule has 2 aliphatic rings. The Kier molecular flexibility index (Phi) is 7.84. The van der Waals surface area contributed by atoms with Crippen LogP contribution in [0.2, 0.25) is 0 Å². The maximum atomic E-state index is 13.2. The third-order valence-corrected chi connectivity index (χ3v) is 7.06. The highest BCUT2D eigenvalue weighted by atomic mass is 19.4. The van der Waals surface area contributed by atoms with Gasteiger partial charge < -0.3 is 19.9 Å². The predicted octanol–water partition coefficient (Wildman–Crippen LogP) is 2.95. The zero-order chi connectivity index (χ0) is 29.5. The van der Waals surface area contributed by atoms with Crippen molar-refractivity contribution in [2.75, 3.05) is 43.6 Å². The van der Waals surface area contributed by atoms with Crippen LogP contribution in [0.1, 0.15) is 43.0 Å². The van der Waals surface area contributed by atoms with Gasteiger partial charge in [0.25, 0.3) is 5.56 Å². The van der Waals surface area contributed by atoms with E-state index in [1.165, 1.54) is 23.8 Å². The lowest BCUT2D eigenvalue weighted by atomic mass is 9.76. The Bertz CT molecular complexity index is 1340. The number of H-pyrrole nitrogens is 1. The van der Waals surface area contributed by atoms with Gasteiger partial charge in [-0.25, -0.2) is 5.10 Å². The fourth-order valence-electron chi connectivity index (χ4n) is 5.03. The number of hydrogen-bond acceptors (Lipinski definition) is 7. The molecule has 0 bridgehead atoms. The first kappa shape index (κ1) is 29.3. The number of likely N-dealkylation sites (tertiary alicyclic amines) is 1. The SMILES string of the molecule is C[C@@H](COCCC(=O)N1CCC2(CC1)C(=O)N(C)c1cc(C(F)(F)F)cnc12)Nc1cn[nH]c(=O)c1C(F)(F)F. The number of rotatable bonds is 7. The number of carbonyl (C=O) groups excluding carboxylic acids is 2. The number of aromatic amines is 1. The molecule has 218 valence electrons. The first-order valence-corrected chi connectivity index (χ1v) is 12.3. The van der Waals surface area contributed by atoms with Gasteiger partial charge >= 0.3 is 12.4 Å². The highest BCUT2D eigenvalue weighted by molar-refractivity contribution is 6.07. The molecule has 0 aromatic carbocycles. The molecule has 0 aliphatic carbocycles. The van der Waals surface area contributed by atoms with Gasteiger partial charge in [-0.15, -0.1) is 0 Å². The fourth-order valence-corrected chi connectivity index (χ4v) is 5.03. The van der Waals surface area contributed by atoms with Crippen molar-refractivity contribution in [3.8, 4) is 0 Å². The molecular weight excluding hydrogens is 550 g/mol. The zero-order valence-corrected chi connectivity index (χ0v) is 21.4. The Morgan fingerprint density at radius 2 is 1.82 bits per heavy atom. The average Bonchev–Trinajstić information content (AvgIpc) is 3.07. The van der Waals surface area contributed by atoms with Crippen LogP contribution in [0.25, 0.3) is 0 Å². The molecule has 10 nitrogen and oxygen atoms in total. The smallest absolute Gasteiger partial charge is 0.379 e. The van der Waals surface area contributed by atoms with Crippen molar-refractivity contribution < 1.29 is 40.7 Å². The number of alkyl halides is 6. The minimum absolute atomic E-state index is 0.0292. The molecule has 1 atom stereocenters. The van der Waals surface area contributed by atoms with E-state index in [1.54, 1.807) is 5.10 Å². The molecule has 1 spiro atoms. The molecule has 2 aromatic rings.